The highest BCUT2D eigenvalue weighted by Crippen LogP contribution is 2.30. The molecular weight excluding hydrogens is 442 g/mol. The van der Waals surface area contributed by atoms with E-state index >= 15 is 0 Å². The summed E-state index contributed by atoms with van der Waals surface area (Å²) in [5.41, 5.74) is 1.05. The normalized spacial score (nSPS) is 19.4. The van der Waals surface area contributed by atoms with Gasteiger partial charge in [0, 0.05) is 13.2 Å². The zero-order chi connectivity index (χ0) is 24.7. The van der Waals surface area contributed by atoms with Gasteiger partial charge in [-0.25, -0.2) is 8.42 Å². The molecular formula is C29H45NO3S. The summed E-state index contributed by atoms with van der Waals surface area (Å²) in [6.45, 7) is 8.77. The molecule has 1 aromatic rings. The average Bonchev–Trinajstić information content (AvgIpc) is 2.83. The van der Waals surface area contributed by atoms with Gasteiger partial charge in [-0.15, -0.1) is 6.58 Å². The highest BCUT2D eigenvalue weighted by Gasteiger charge is 2.37. The van der Waals surface area contributed by atoms with Crippen LogP contribution in [0.1, 0.15) is 83.1 Å². The van der Waals surface area contributed by atoms with E-state index in [0.29, 0.717) is 18.0 Å². The third-order valence-electron chi connectivity index (χ3n) is 6.52. The molecule has 0 bridgehead atoms. The van der Waals surface area contributed by atoms with Gasteiger partial charge in [0.2, 0.25) is 10.0 Å². The summed E-state index contributed by atoms with van der Waals surface area (Å²) in [6.07, 6.45) is 21.9. The van der Waals surface area contributed by atoms with Gasteiger partial charge in [0.05, 0.1) is 17.0 Å². The molecule has 0 unspecified atom stereocenters. The van der Waals surface area contributed by atoms with Crippen molar-refractivity contribution in [3.05, 3.63) is 66.8 Å². The summed E-state index contributed by atoms with van der Waals surface area (Å²) < 4.78 is 35.4. The smallest absolute Gasteiger partial charge is 0.243 e. The fraction of sp³-hybridized carbons (Fsp3) is 0.586. The van der Waals surface area contributed by atoms with E-state index in [0.717, 1.165) is 44.1 Å². The molecule has 1 saturated carbocycles. The second-order valence-corrected chi connectivity index (χ2v) is 11.2. The van der Waals surface area contributed by atoms with Gasteiger partial charge < -0.3 is 4.74 Å². The molecule has 0 saturated heterocycles. The number of rotatable bonds is 16. The first kappa shape index (κ1) is 28.5. The Kier molecular flexibility index (Phi) is 13.5. The lowest BCUT2D eigenvalue weighted by atomic mass is 9.92. The van der Waals surface area contributed by atoms with Gasteiger partial charge in [-0.1, -0.05) is 86.6 Å². The van der Waals surface area contributed by atoms with E-state index in [4.69, 9.17) is 4.74 Å². The largest absolute Gasteiger partial charge is 0.377 e. The van der Waals surface area contributed by atoms with Gasteiger partial charge >= 0.3 is 0 Å². The minimum atomic E-state index is -3.62. The van der Waals surface area contributed by atoms with Crippen LogP contribution in [0.3, 0.4) is 0 Å². The molecule has 5 heteroatoms. The molecule has 4 nitrogen and oxygen atoms in total. The van der Waals surface area contributed by atoms with E-state index in [1.807, 2.05) is 56.4 Å². The SMILES string of the molecule is C=CCCCCCCCCO[C@@H]1CCCC[C@H]1N(C/C=C/C=C/C)S(=O)(=O)c1ccc(C)cc1. The van der Waals surface area contributed by atoms with Crippen LogP contribution in [0.2, 0.25) is 0 Å². The van der Waals surface area contributed by atoms with Gasteiger partial charge in [0.1, 0.15) is 0 Å². The summed E-state index contributed by atoms with van der Waals surface area (Å²) in [4.78, 5) is 0.360. The molecule has 1 aliphatic carbocycles. The predicted molar refractivity (Wildman–Crippen MR) is 144 cm³/mol. The first-order chi connectivity index (χ1) is 16.5. The van der Waals surface area contributed by atoms with E-state index in [1.165, 1.54) is 32.1 Å². The molecule has 0 amide bonds. The van der Waals surface area contributed by atoms with E-state index in [-0.39, 0.29) is 12.1 Å². The van der Waals surface area contributed by atoms with Crippen molar-refractivity contribution in [1.82, 2.24) is 4.31 Å². The number of hydrogen-bond acceptors (Lipinski definition) is 3. The van der Waals surface area contributed by atoms with Gasteiger partial charge in [0.25, 0.3) is 0 Å². The third-order valence-corrected chi connectivity index (χ3v) is 8.43. The highest BCUT2D eigenvalue weighted by molar-refractivity contribution is 7.89. The zero-order valence-electron chi connectivity index (χ0n) is 21.3. The van der Waals surface area contributed by atoms with E-state index in [2.05, 4.69) is 6.58 Å². The maximum absolute atomic E-state index is 13.7. The molecule has 2 atom stereocenters. The summed E-state index contributed by atoms with van der Waals surface area (Å²) in [5.74, 6) is 0. The molecule has 1 fully saturated rings. The Balaban J connectivity index is 2.03. The second kappa shape index (κ2) is 16.1. The monoisotopic (exact) mass is 487 g/mol. The Hall–Kier alpha value is -1.69. The molecule has 0 heterocycles. The van der Waals surface area contributed by atoms with Crippen molar-refractivity contribution in [1.29, 1.82) is 0 Å². The van der Waals surface area contributed by atoms with Gasteiger partial charge in [-0.05, 0) is 58.1 Å². The molecule has 0 spiro atoms. The number of unbranched alkanes of at least 4 members (excludes halogenated alkanes) is 6. The molecule has 1 aliphatic rings. The maximum atomic E-state index is 13.7. The van der Waals surface area contributed by atoms with Crippen LogP contribution in [0.25, 0.3) is 0 Å². The maximum Gasteiger partial charge on any atom is 0.243 e. The van der Waals surface area contributed by atoms with Crippen LogP contribution in [0.15, 0.2) is 66.1 Å². The lowest BCUT2D eigenvalue weighted by Gasteiger charge is -2.38. The minimum absolute atomic E-state index is 0.0447. The molecule has 0 N–H and O–H groups in total. The Morgan fingerprint density at radius 1 is 1.00 bits per heavy atom. The summed E-state index contributed by atoms with van der Waals surface area (Å²) >= 11 is 0. The van der Waals surface area contributed by atoms with E-state index in [1.54, 1.807) is 16.4 Å². The first-order valence-corrected chi connectivity index (χ1v) is 14.5. The quantitative estimate of drug-likeness (QED) is 0.139. The average molecular weight is 488 g/mol. The fourth-order valence-corrected chi connectivity index (χ4v) is 6.18. The van der Waals surface area contributed by atoms with Crippen LogP contribution in [0.5, 0.6) is 0 Å². The van der Waals surface area contributed by atoms with Gasteiger partial charge in [-0.3, -0.25) is 0 Å². The Morgan fingerprint density at radius 2 is 1.68 bits per heavy atom. The van der Waals surface area contributed by atoms with Crippen molar-refractivity contribution in [2.45, 2.75) is 102 Å². The number of ether oxygens (including phenoxy) is 1. The summed E-state index contributed by atoms with van der Waals surface area (Å²) in [7, 11) is -3.62. The molecule has 2 rings (SSSR count). The Bertz CT molecular complexity index is 858. The molecule has 190 valence electrons. The van der Waals surface area contributed by atoms with Gasteiger partial charge in [-0.2, -0.15) is 4.31 Å². The Morgan fingerprint density at radius 3 is 2.38 bits per heavy atom. The summed E-state index contributed by atoms with van der Waals surface area (Å²) in [5, 5.41) is 0. The van der Waals surface area contributed by atoms with Crippen LogP contribution in [0.4, 0.5) is 0 Å². The van der Waals surface area contributed by atoms with Crippen molar-refractivity contribution in [3.8, 4) is 0 Å². The number of hydrogen-bond donors (Lipinski definition) is 0. The standard InChI is InChI=1S/C29H45NO3S/c1-4-6-8-10-11-12-13-17-25-33-29-19-15-14-18-28(29)30(24-16-9-7-5-2)34(31,32)27-22-20-26(3)21-23-27/h4-5,7,9,16,20-23,28-29H,1,6,8,10-15,17-19,24-25H2,2-3H3/b7-5+,16-9+/t28-,29-/m1/s1. The van der Waals surface area contributed by atoms with Crippen LogP contribution >= 0.6 is 0 Å². The molecule has 1 aromatic carbocycles. The zero-order valence-corrected chi connectivity index (χ0v) is 22.1. The minimum Gasteiger partial charge on any atom is -0.377 e. The van der Waals surface area contributed by atoms with Crippen LogP contribution in [-0.2, 0) is 14.8 Å². The van der Waals surface area contributed by atoms with Crippen molar-refractivity contribution >= 4 is 10.0 Å². The number of nitrogens with zero attached hydrogens (tertiary/aromatic N) is 1. The lowest BCUT2D eigenvalue weighted by Crippen LogP contribution is -2.49. The second-order valence-electron chi connectivity index (χ2n) is 9.30. The lowest BCUT2D eigenvalue weighted by molar-refractivity contribution is -0.0150. The van der Waals surface area contributed by atoms with Crippen molar-refractivity contribution < 1.29 is 13.2 Å². The van der Waals surface area contributed by atoms with Crippen molar-refractivity contribution in [3.63, 3.8) is 0 Å². The molecule has 34 heavy (non-hydrogen) atoms. The number of aryl methyl sites for hydroxylation is 1. The van der Waals surface area contributed by atoms with Crippen molar-refractivity contribution in [2.24, 2.45) is 0 Å². The van der Waals surface area contributed by atoms with Crippen LogP contribution in [-0.4, -0.2) is 38.0 Å². The van der Waals surface area contributed by atoms with E-state index < -0.39 is 10.0 Å². The third kappa shape index (κ3) is 9.52. The topological polar surface area (TPSA) is 46.6 Å². The number of sulfonamides is 1. The molecule has 0 aromatic heterocycles. The van der Waals surface area contributed by atoms with Gasteiger partial charge in [0.15, 0.2) is 0 Å². The van der Waals surface area contributed by atoms with Crippen LogP contribution in [0, 0.1) is 6.92 Å². The molecule has 0 radical (unpaired) electrons. The number of benzene rings is 1. The number of allylic oxidation sites excluding steroid dienone is 4. The first-order valence-electron chi connectivity index (χ1n) is 13.1. The van der Waals surface area contributed by atoms with Crippen LogP contribution < -0.4 is 0 Å². The highest BCUT2D eigenvalue weighted by atomic mass is 32.2. The predicted octanol–water partition coefficient (Wildman–Crippen LogP) is 7.36. The fourth-order valence-electron chi connectivity index (χ4n) is 4.55. The molecule has 0 aliphatic heterocycles. The van der Waals surface area contributed by atoms with Crippen molar-refractivity contribution in [2.75, 3.05) is 13.2 Å². The van der Waals surface area contributed by atoms with E-state index in [9.17, 15) is 8.42 Å². The Labute approximate surface area is 208 Å². The summed E-state index contributed by atoms with van der Waals surface area (Å²) in [6, 6.07) is 7.05.